The molecule has 5 N–H and O–H groups in total. The van der Waals surface area contributed by atoms with E-state index < -0.39 is 11.2 Å². The van der Waals surface area contributed by atoms with Crippen LogP contribution in [0.25, 0.3) is 11.0 Å². The molecular weight excluding hydrogens is 286 g/mol. The van der Waals surface area contributed by atoms with Crippen LogP contribution in [0.5, 0.6) is 0 Å². The van der Waals surface area contributed by atoms with Crippen molar-refractivity contribution in [2.24, 2.45) is 11.7 Å². The maximum Gasteiger partial charge on any atom is 0.327 e. The average Bonchev–Trinajstić information content (AvgIpc) is 2.94. The van der Waals surface area contributed by atoms with E-state index in [1.807, 2.05) is 0 Å². The minimum absolute atomic E-state index is 0.0575. The Morgan fingerprint density at radius 2 is 2.18 bits per heavy atom. The number of H-pyrrole nitrogens is 2. The van der Waals surface area contributed by atoms with E-state index in [0.29, 0.717) is 6.54 Å². The number of hydrogen-bond donors (Lipinski definition) is 4. The summed E-state index contributed by atoms with van der Waals surface area (Å²) in [6, 6.07) is 1.49. The molecule has 8 nitrogen and oxygen atoms in total. The highest BCUT2D eigenvalue weighted by atomic mass is 16.2. The first-order chi connectivity index (χ1) is 10.6. The van der Waals surface area contributed by atoms with Gasteiger partial charge in [0.15, 0.2) is 0 Å². The molecule has 1 fully saturated rings. The molecule has 2 atom stereocenters. The van der Waals surface area contributed by atoms with Gasteiger partial charge in [-0.15, -0.1) is 0 Å². The van der Waals surface area contributed by atoms with Gasteiger partial charge in [0.2, 0.25) is 0 Å². The van der Waals surface area contributed by atoms with Gasteiger partial charge in [-0.1, -0.05) is 6.42 Å². The number of rotatable bonds is 3. The Balaban J connectivity index is 1.88. The first kappa shape index (κ1) is 14.5. The standard InChI is InChI=1S/C14H17N5O3/c15-5-7-2-1-3-10(7)17-12(20)8-4-9-11(16-6-8)18-14(22)19-13(9)21/h4,6-7,10H,1-3,5,15H2,(H,17,20)(H2,16,18,19,21,22). The molecule has 1 saturated carbocycles. The van der Waals surface area contributed by atoms with Gasteiger partial charge >= 0.3 is 5.69 Å². The SMILES string of the molecule is NCC1CCCC1NC(=O)c1cnc2[nH]c(=O)[nH]c(=O)c2c1. The van der Waals surface area contributed by atoms with E-state index in [2.05, 4.69) is 20.3 Å². The Bertz CT molecular complexity index is 825. The largest absolute Gasteiger partial charge is 0.349 e. The molecule has 8 heteroatoms. The molecule has 0 radical (unpaired) electrons. The minimum atomic E-state index is -0.626. The predicted molar refractivity (Wildman–Crippen MR) is 80.6 cm³/mol. The molecule has 2 heterocycles. The summed E-state index contributed by atoms with van der Waals surface area (Å²) < 4.78 is 0. The highest BCUT2D eigenvalue weighted by Crippen LogP contribution is 2.24. The number of carbonyl (C=O) groups excluding carboxylic acids is 1. The van der Waals surface area contributed by atoms with Crippen LogP contribution in [0.2, 0.25) is 0 Å². The summed E-state index contributed by atoms with van der Waals surface area (Å²) in [5.74, 6) is 0.00229. The summed E-state index contributed by atoms with van der Waals surface area (Å²) in [5.41, 5.74) is 4.95. The van der Waals surface area contributed by atoms with Gasteiger partial charge in [-0.25, -0.2) is 9.78 Å². The van der Waals surface area contributed by atoms with Crippen molar-refractivity contribution in [3.05, 3.63) is 38.7 Å². The molecule has 0 bridgehead atoms. The Kier molecular flexibility index (Phi) is 3.76. The first-order valence-electron chi connectivity index (χ1n) is 7.22. The number of aromatic nitrogens is 3. The maximum atomic E-state index is 12.3. The lowest BCUT2D eigenvalue weighted by Gasteiger charge is -2.19. The van der Waals surface area contributed by atoms with Gasteiger partial charge < -0.3 is 11.1 Å². The van der Waals surface area contributed by atoms with Crippen LogP contribution in [0, 0.1) is 5.92 Å². The molecule has 1 amide bonds. The van der Waals surface area contributed by atoms with E-state index in [9.17, 15) is 14.4 Å². The molecule has 0 aromatic carbocycles. The fourth-order valence-electron chi connectivity index (χ4n) is 2.93. The number of nitrogens with two attached hydrogens (primary N) is 1. The van der Waals surface area contributed by atoms with E-state index in [0.717, 1.165) is 19.3 Å². The molecule has 0 spiro atoms. The van der Waals surface area contributed by atoms with E-state index in [-0.39, 0.29) is 34.5 Å². The van der Waals surface area contributed by atoms with Crippen LogP contribution in [0.1, 0.15) is 29.6 Å². The zero-order valence-electron chi connectivity index (χ0n) is 11.9. The Hall–Kier alpha value is -2.48. The molecular formula is C14H17N5O3. The molecule has 22 heavy (non-hydrogen) atoms. The molecule has 2 aromatic rings. The van der Waals surface area contributed by atoms with Gasteiger partial charge in [0.1, 0.15) is 5.65 Å². The summed E-state index contributed by atoms with van der Waals surface area (Å²) in [7, 11) is 0. The molecule has 2 unspecified atom stereocenters. The topological polar surface area (TPSA) is 134 Å². The maximum absolute atomic E-state index is 12.3. The quantitative estimate of drug-likeness (QED) is 0.604. The number of pyridine rings is 1. The minimum Gasteiger partial charge on any atom is -0.349 e. The van der Waals surface area contributed by atoms with E-state index in [4.69, 9.17) is 5.73 Å². The van der Waals surface area contributed by atoms with Gasteiger partial charge in [0, 0.05) is 12.2 Å². The van der Waals surface area contributed by atoms with Crippen molar-refractivity contribution in [1.29, 1.82) is 0 Å². The van der Waals surface area contributed by atoms with Crippen LogP contribution >= 0.6 is 0 Å². The van der Waals surface area contributed by atoms with Crippen molar-refractivity contribution < 1.29 is 4.79 Å². The van der Waals surface area contributed by atoms with Crippen molar-refractivity contribution in [2.75, 3.05) is 6.54 Å². The summed E-state index contributed by atoms with van der Waals surface area (Å²) in [6.07, 6.45) is 4.31. The lowest BCUT2D eigenvalue weighted by molar-refractivity contribution is 0.0928. The van der Waals surface area contributed by atoms with Crippen molar-refractivity contribution >= 4 is 16.9 Å². The Labute approximate surface area is 125 Å². The number of fused-ring (bicyclic) bond motifs is 1. The van der Waals surface area contributed by atoms with Crippen molar-refractivity contribution in [1.82, 2.24) is 20.3 Å². The van der Waals surface area contributed by atoms with Gasteiger partial charge in [-0.05, 0) is 31.4 Å². The van der Waals surface area contributed by atoms with Crippen LogP contribution in [-0.4, -0.2) is 33.4 Å². The number of amides is 1. The number of aromatic amines is 2. The summed E-state index contributed by atoms with van der Waals surface area (Å²) in [5, 5.41) is 3.12. The monoisotopic (exact) mass is 303 g/mol. The van der Waals surface area contributed by atoms with E-state index in [1.165, 1.54) is 12.3 Å². The van der Waals surface area contributed by atoms with Crippen LogP contribution in [0.4, 0.5) is 0 Å². The molecule has 1 aliphatic rings. The average molecular weight is 303 g/mol. The fraction of sp³-hybridized carbons (Fsp3) is 0.429. The van der Waals surface area contributed by atoms with Gasteiger partial charge in [0.05, 0.1) is 10.9 Å². The Morgan fingerprint density at radius 3 is 2.95 bits per heavy atom. The smallest absolute Gasteiger partial charge is 0.327 e. The Morgan fingerprint density at radius 1 is 1.36 bits per heavy atom. The molecule has 3 rings (SSSR count). The second-order valence-corrected chi connectivity index (χ2v) is 5.54. The second-order valence-electron chi connectivity index (χ2n) is 5.54. The van der Waals surface area contributed by atoms with Crippen LogP contribution in [-0.2, 0) is 0 Å². The van der Waals surface area contributed by atoms with Crippen molar-refractivity contribution in [3.8, 4) is 0 Å². The molecule has 116 valence electrons. The third kappa shape index (κ3) is 2.64. The zero-order chi connectivity index (χ0) is 15.7. The summed E-state index contributed by atoms with van der Waals surface area (Å²) in [4.78, 5) is 43.7. The number of nitrogens with zero attached hydrogens (tertiary/aromatic N) is 1. The highest BCUT2D eigenvalue weighted by Gasteiger charge is 2.27. The predicted octanol–water partition coefficient (Wildman–Crippen LogP) is -0.531. The lowest BCUT2D eigenvalue weighted by Crippen LogP contribution is -2.40. The van der Waals surface area contributed by atoms with Crippen molar-refractivity contribution in [3.63, 3.8) is 0 Å². The van der Waals surface area contributed by atoms with Crippen LogP contribution < -0.4 is 22.3 Å². The third-order valence-electron chi connectivity index (χ3n) is 4.13. The molecule has 1 aliphatic carbocycles. The van der Waals surface area contributed by atoms with Gasteiger partial charge in [-0.3, -0.25) is 19.6 Å². The van der Waals surface area contributed by atoms with E-state index >= 15 is 0 Å². The summed E-state index contributed by atoms with van der Waals surface area (Å²) in [6.45, 7) is 0.543. The fourth-order valence-corrected chi connectivity index (χ4v) is 2.93. The van der Waals surface area contributed by atoms with Gasteiger partial charge in [-0.2, -0.15) is 0 Å². The number of carbonyl (C=O) groups is 1. The summed E-state index contributed by atoms with van der Waals surface area (Å²) >= 11 is 0. The zero-order valence-corrected chi connectivity index (χ0v) is 11.9. The highest BCUT2D eigenvalue weighted by molar-refractivity contribution is 5.96. The number of hydrogen-bond acceptors (Lipinski definition) is 5. The normalized spacial score (nSPS) is 21.1. The molecule has 0 saturated heterocycles. The second kappa shape index (κ2) is 5.72. The third-order valence-corrected chi connectivity index (χ3v) is 4.13. The van der Waals surface area contributed by atoms with Gasteiger partial charge in [0.25, 0.3) is 11.5 Å². The first-order valence-corrected chi connectivity index (χ1v) is 7.22. The number of nitrogens with one attached hydrogen (secondary N) is 3. The molecule has 0 aliphatic heterocycles. The van der Waals surface area contributed by atoms with Crippen molar-refractivity contribution in [2.45, 2.75) is 25.3 Å². The van der Waals surface area contributed by atoms with Crippen LogP contribution in [0.15, 0.2) is 21.9 Å². The van der Waals surface area contributed by atoms with Crippen LogP contribution in [0.3, 0.4) is 0 Å². The van der Waals surface area contributed by atoms with E-state index in [1.54, 1.807) is 0 Å². The molecule has 2 aromatic heterocycles. The lowest BCUT2D eigenvalue weighted by atomic mass is 10.0.